The van der Waals surface area contributed by atoms with Crippen LogP contribution in [0, 0.1) is 5.82 Å². The van der Waals surface area contributed by atoms with Gasteiger partial charge in [0.25, 0.3) is 5.91 Å². The first-order valence-electron chi connectivity index (χ1n) is 6.04. The second kappa shape index (κ2) is 6.39. The number of rotatable bonds is 4. The van der Waals surface area contributed by atoms with E-state index < -0.39 is 11.9 Å². The van der Waals surface area contributed by atoms with E-state index in [4.69, 9.17) is 16.3 Å². The Morgan fingerprint density at radius 2 is 1.85 bits per heavy atom. The molecule has 0 heterocycles. The van der Waals surface area contributed by atoms with Crippen molar-refractivity contribution in [1.82, 2.24) is 0 Å². The Morgan fingerprint density at radius 3 is 2.50 bits per heavy atom. The molecule has 5 heteroatoms. The molecule has 3 nitrogen and oxygen atoms in total. The van der Waals surface area contributed by atoms with Crippen LogP contribution in [-0.4, -0.2) is 12.0 Å². The van der Waals surface area contributed by atoms with Crippen molar-refractivity contribution in [3.8, 4) is 5.75 Å². The third kappa shape index (κ3) is 3.71. The van der Waals surface area contributed by atoms with Crippen LogP contribution in [0.15, 0.2) is 48.5 Å². The standard InChI is InChI=1S/C15H13ClFNO2/c1-10(20-14-5-3-2-4-13(14)17)15(19)18-12-8-6-11(16)7-9-12/h2-10H,1H3,(H,18,19)/t10-/m0/s1. The van der Waals surface area contributed by atoms with Gasteiger partial charge in [-0.05, 0) is 43.3 Å². The van der Waals surface area contributed by atoms with Crippen molar-refractivity contribution in [3.63, 3.8) is 0 Å². The van der Waals surface area contributed by atoms with Gasteiger partial charge in [-0.1, -0.05) is 23.7 Å². The average molecular weight is 294 g/mol. The van der Waals surface area contributed by atoms with E-state index in [0.717, 1.165) is 0 Å². The molecule has 0 unspecified atom stereocenters. The summed E-state index contributed by atoms with van der Waals surface area (Å²) in [5, 5.41) is 3.25. The molecule has 0 saturated heterocycles. The molecule has 0 saturated carbocycles. The smallest absolute Gasteiger partial charge is 0.265 e. The van der Waals surface area contributed by atoms with E-state index in [1.165, 1.54) is 12.1 Å². The molecule has 0 radical (unpaired) electrons. The van der Waals surface area contributed by atoms with E-state index in [1.807, 2.05) is 0 Å². The number of halogens is 2. The van der Waals surface area contributed by atoms with E-state index in [0.29, 0.717) is 10.7 Å². The number of para-hydroxylation sites is 1. The van der Waals surface area contributed by atoms with Gasteiger partial charge in [0.2, 0.25) is 0 Å². The van der Waals surface area contributed by atoms with Crippen LogP contribution >= 0.6 is 11.6 Å². The molecule has 0 spiro atoms. The normalized spacial score (nSPS) is 11.8. The molecule has 1 amide bonds. The van der Waals surface area contributed by atoms with Crippen LogP contribution in [-0.2, 0) is 4.79 Å². The zero-order valence-corrected chi connectivity index (χ0v) is 11.5. The molecular weight excluding hydrogens is 281 g/mol. The van der Waals surface area contributed by atoms with Gasteiger partial charge in [0, 0.05) is 10.7 Å². The van der Waals surface area contributed by atoms with Crippen LogP contribution < -0.4 is 10.1 Å². The molecular formula is C15H13ClFNO2. The lowest BCUT2D eigenvalue weighted by Crippen LogP contribution is -2.30. The molecule has 2 aromatic carbocycles. The topological polar surface area (TPSA) is 38.3 Å². The molecule has 1 N–H and O–H groups in total. The second-order valence-electron chi connectivity index (χ2n) is 4.19. The van der Waals surface area contributed by atoms with Crippen LogP contribution in [0.4, 0.5) is 10.1 Å². The quantitative estimate of drug-likeness (QED) is 0.929. The Labute approximate surface area is 121 Å². The predicted octanol–water partition coefficient (Wildman–Crippen LogP) is 3.89. The summed E-state index contributed by atoms with van der Waals surface area (Å²) < 4.78 is 18.7. The molecule has 0 fully saturated rings. The number of anilines is 1. The largest absolute Gasteiger partial charge is 0.478 e. The van der Waals surface area contributed by atoms with Crippen LogP contribution in [0.25, 0.3) is 0 Å². The van der Waals surface area contributed by atoms with E-state index >= 15 is 0 Å². The lowest BCUT2D eigenvalue weighted by molar-refractivity contribution is -0.122. The first-order chi connectivity index (χ1) is 9.56. The molecule has 0 aliphatic rings. The van der Waals surface area contributed by atoms with Crippen molar-refractivity contribution < 1.29 is 13.9 Å². The maximum absolute atomic E-state index is 13.4. The van der Waals surface area contributed by atoms with Crippen LogP contribution in [0.2, 0.25) is 5.02 Å². The number of benzene rings is 2. The monoisotopic (exact) mass is 293 g/mol. The van der Waals surface area contributed by atoms with Crippen molar-refractivity contribution in [3.05, 3.63) is 59.4 Å². The second-order valence-corrected chi connectivity index (χ2v) is 4.62. The molecule has 20 heavy (non-hydrogen) atoms. The van der Waals surface area contributed by atoms with Gasteiger partial charge in [-0.3, -0.25) is 4.79 Å². The van der Waals surface area contributed by atoms with E-state index in [1.54, 1.807) is 43.3 Å². The highest BCUT2D eigenvalue weighted by molar-refractivity contribution is 6.30. The summed E-state index contributed by atoms with van der Waals surface area (Å²) in [4.78, 5) is 11.9. The molecule has 2 aromatic rings. The molecule has 0 bridgehead atoms. The minimum Gasteiger partial charge on any atom is -0.478 e. The third-order valence-corrected chi connectivity index (χ3v) is 2.87. The SMILES string of the molecule is C[C@H](Oc1ccccc1F)C(=O)Nc1ccc(Cl)cc1. The summed E-state index contributed by atoms with van der Waals surface area (Å²) >= 11 is 5.76. The number of carbonyl (C=O) groups excluding carboxylic acids is 1. The zero-order chi connectivity index (χ0) is 14.5. The highest BCUT2D eigenvalue weighted by Crippen LogP contribution is 2.18. The summed E-state index contributed by atoms with van der Waals surface area (Å²) in [5.41, 5.74) is 0.600. The fourth-order valence-electron chi connectivity index (χ4n) is 1.56. The molecule has 1 atom stereocenters. The molecule has 0 aliphatic carbocycles. The van der Waals surface area contributed by atoms with Gasteiger partial charge in [-0.25, -0.2) is 4.39 Å². The Kier molecular flexibility index (Phi) is 4.58. The molecule has 2 rings (SSSR count). The predicted molar refractivity (Wildman–Crippen MR) is 76.6 cm³/mol. The maximum atomic E-state index is 13.4. The highest BCUT2D eigenvalue weighted by atomic mass is 35.5. The summed E-state index contributed by atoms with van der Waals surface area (Å²) in [7, 11) is 0. The summed E-state index contributed by atoms with van der Waals surface area (Å²) in [6, 6.07) is 12.6. The Bertz CT molecular complexity index is 601. The lowest BCUT2D eigenvalue weighted by atomic mass is 10.3. The van der Waals surface area contributed by atoms with Crippen molar-refractivity contribution in [2.45, 2.75) is 13.0 Å². The number of carbonyl (C=O) groups is 1. The van der Waals surface area contributed by atoms with Gasteiger partial charge in [0.15, 0.2) is 17.7 Å². The molecule has 0 aliphatic heterocycles. The fourth-order valence-corrected chi connectivity index (χ4v) is 1.69. The average Bonchev–Trinajstić information content (AvgIpc) is 2.44. The number of hydrogen-bond donors (Lipinski definition) is 1. The van der Waals surface area contributed by atoms with E-state index in [-0.39, 0.29) is 11.7 Å². The minimum atomic E-state index is -0.817. The van der Waals surface area contributed by atoms with Crippen molar-refractivity contribution in [1.29, 1.82) is 0 Å². The van der Waals surface area contributed by atoms with Crippen molar-refractivity contribution in [2.24, 2.45) is 0 Å². The molecule has 0 aromatic heterocycles. The number of nitrogens with one attached hydrogen (secondary N) is 1. The lowest BCUT2D eigenvalue weighted by Gasteiger charge is -2.15. The number of ether oxygens (including phenoxy) is 1. The zero-order valence-electron chi connectivity index (χ0n) is 10.8. The maximum Gasteiger partial charge on any atom is 0.265 e. The number of hydrogen-bond acceptors (Lipinski definition) is 2. The minimum absolute atomic E-state index is 0.0475. The van der Waals surface area contributed by atoms with Crippen LogP contribution in [0.3, 0.4) is 0 Å². The van der Waals surface area contributed by atoms with Gasteiger partial charge >= 0.3 is 0 Å². The number of amides is 1. The van der Waals surface area contributed by atoms with Gasteiger partial charge in [0.1, 0.15) is 0 Å². The van der Waals surface area contributed by atoms with Gasteiger partial charge in [-0.2, -0.15) is 0 Å². The van der Waals surface area contributed by atoms with Crippen molar-refractivity contribution in [2.75, 3.05) is 5.32 Å². The Hall–Kier alpha value is -2.07. The summed E-state index contributed by atoms with van der Waals surface area (Å²) in [6.45, 7) is 1.55. The fraction of sp³-hybridized carbons (Fsp3) is 0.133. The van der Waals surface area contributed by atoms with Gasteiger partial charge in [-0.15, -0.1) is 0 Å². The van der Waals surface area contributed by atoms with Crippen molar-refractivity contribution >= 4 is 23.2 Å². The van der Waals surface area contributed by atoms with E-state index in [2.05, 4.69) is 5.32 Å². The van der Waals surface area contributed by atoms with Gasteiger partial charge in [0.05, 0.1) is 0 Å². The Balaban J connectivity index is 1.99. The van der Waals surface area contributed by atoms with Crippen LogP contribution in [0.5, 0.6) is 5.75 Å². The van der Waals surface area contributed by atoms with Crippen LogP contribution in [0.1, 0.15) is 6.92 Å². The first kappa shape index (κ1) is 14.3. The van der Waals surface area contributed by atoms with E-state index in [9.17, 15) is 9.18 Å². The Morgan fingerprint density at radius 1 is 1.20 bits per heavy atom. The molecule has 104 valence electrons. The first-order valence-corrected chi connectivity index (χ1v) is 6.41. The highest BCUT2D eigenvalue weighted by Gasteiger charge is 2.16. The third-order valence-electron chi connectivity index (χ3n) is 2.62. The summed E-state index contributed by atoms with van der Waals surface area (Å²) in [5.74, 6) is -0.819. The van der Waals surface area contributed by atoms with Gasteiger partial charge < -0.3 is 10.1 Å². The summed E-state index contributed by atoms with van der Waals surface area (Å²) in [6.07, 6.45) is -0.817.